The lowest BCUT2D eigenvalue weighted by Crippen LogP contribution is -2.00. The lowest BCUT2D eigenvalue weighted by Gasteiger charge is -2.11. The van der Waals surface area contributed by atoms with Gasteiger partial charge in [0.1, 0.15) is 11.2 Å². The second-order valence-corrected chi connectivity index (χ2v) is 20.8. The molecule has 16 rings (SSSR count). The monoisotopic (exact) mass is 1030 g/mol. The number of aromatic nitrogens is 5. The molecule has 0 N–H and O–H groups in total. The van der Waals surface area contributed by atoms with Crippen LogP contribution in [0.4, 0.5) is 0 Å². The van der Waals surface area contributed by atoms with E-state index in [1.807, 2.05) is 66.7 Å². The summed E-state index contributed by atoms with van der Waals surface area (Å²) in [5, 5.41) is 6.80. The van der Waals surface area contributed by atoms with Crippen molar-refractivity contribution in [2.75, 3.05) is 0 Å². The number of furan rings is 1. The molecular formula is C75H47N5O. The minimum atomic E-state index is 0.555. The summed E-state index contributed by atoms with van der Waals surface area (Å²) in [6.45, 7) is 0. The van der Waals surface area contributed by atoms with Crippen molar-refractivity contribution in [1.29, 1.82) is 0 Å². The molecular weight excluding hydrogens is 987 g/mol. The maximum Gasteiger partial charge on any atom is 0.167 e. The maximum atomic E-state index is 6.79. The fourth-order valence-electron chi connectivity index (χ4n) is 12.1. The zero-order valence-corrected chi connectivity index (χ0v) is 43.8. The summed E-state index contributed by atoms with van der Waals surface area (Å²) >= 11 is 0. The number of rotatable bonds is 9. The average molecular weight is 1030 g/mol. The van der Waals surface area contributed by atoms with E-state index in [2.05, 4.69) is 228 Å². The fraction of sp³-hybridized carbons (Fsp3) is 0. The van der Waals surface area contributed by atoms with Crippen LogP contribution in [0.1, 0.15) is 0 Å². The highest BCUT2D eigenvalue weighted by atomic mass is 16.3. The molecule has 6 nitrogen and oxygen atoms in total. The molecule has 0 atom stereocenters. The molecule has 0 saturated heterocycles. The highest BCUT2D eigenvalue weighted by molar-refractivity contribution is 6.14. The summed E-state index contributed by atoms with van der Waals surface area (Å²) in [6.07, 6.45) is 0. The number of fused-ring (bicyclic) bond motifs is 9. The van der Waals surface area contributed by atoms with Crippen molar-refractivity contribution in [3.8, 4) is 90.0 Å². The van der Waals surface area contributed by atoms with Gasteiger partial charge in [-0.15, -0.1) is 0 Å². The molecule has 0 bridgehead atoms. The van der Waals surface area contributed by atoms with Crippen molar-refractivity contribution in [2.45, 2.75) is 0 Å². The fourth-order valence-corrected chi connectivity index (χ4v) is 12.1. The number of hydrogen-bond donors (Lipinski definition) is 0. The highest BCUT2D eigenvalue weighted by Crippen LogP contribution is 2.43. The van der Waals surface area contributed by atoms with E-state index in [4.69, 9.17) is 19.4 Å². The Hall–Kier alpha value is -11.0. The van der Waals surface area contributed by atoms with Crippen molar-refractivity contribution in [3.63, 3.8) is 0 Å². The van der Waals surface area contributed by atoms with Crippen molar-refractivity contribution < 1.29 is 4.42 Å². The second-order valence-electron chi connectivity index (χ2n) is 20.8. The van der Waals surface area contributed by atoms with Crippen LogP contribution in [0.5, 0.6) is 0 Å². The van der Waals surface area contributed by atoms with E-state index in [1.165, 1.54) is 54.8 Å². The van der Waals surface area contributed by atoms with E-state index in [0.29, 0.717) is 17.5 Å². The third-order valence-electron chi connectivity index (χ3n) is 16.0. The second kappa shape index (κ2) is 18.9. The quantitative estimate of drug-likeness (QED) is 0.145. The molecule has 0 aliphatic rings. The first kappa shape index (κ1) is 46.2. The third-order valence-corrected chi connectivity index (χ3v) is 16.0. The molecule has 0 unspecified atom stereocenters. The Labute approximate surface area is 466 Å². The Kier molecular flexibility index (Phi) is 10.8. The third kappa shape index (κ3) is 7.91. The Morgan fingerprint density at radius 2 is 0.605 bits per heavy atom. The highest BCUT2D eigenvalue weighted by Gasteiger charge is 2.21. The van der Waals surface area contributed by atoms with Crippen LogP contribution in [0, 0.1) is 0 Å². The topological polar surface area (TPSA) is 61.7 Å². The lowest BCUT2D eigenvalue weighted by molar-refractivity contribution is 0.669. The minimum Gasteiger partial charge on any atom is -0.455 e. The van der Waals surface area contributed by atoms with Crippen LogP contribution in [0.2, 0.25) is 0 Å². The van der Waals surface area contributed by atoms with Gasteiger partial charge in [0.2, 0.25) is 0 Å². The Balaban J connectivity index is 0.839. The molecule has 0 saturated carbocycles. The summed E-state index contributed by atoms with van der Waals surface area (Å²) in [4.78, 5) is 15.1. The van der Waals surface area contributed by atoms with Crippen molar-refractivity contribution in [1.82, 2.24) is 24.1 Å². The van der Waals surface area contributed by atoms with E-state index in [9.17, 15) is 0 Å². The van der Waals surface area contributed by atoms with Gasteiger partial charge < -0.3 is 13.6 Å². The van der Waals surface area contributed by atoms with Gasteiger partial charge >= 0.3 is 0 Å². The number of hydrogen-bond acceptors (Lipinski definition) is 4. The van der Waals surface area contributed by atoms with Gasteiger partial charge in [-0.05, 0) is 129 Å². The summed E-state index contributed by atoms with van der Waals surface area (Å²) in [6, 6.07) is 102. The summed E-state index contributed by atoms with van der Waals surface area (Å²) in [7, 11) is 0. The average Bonchev–Trinajstić information content (AvgIpc) is 4.42. The smallest absolute Gasteiger partial charge is 0.167 e. The van der Waals surface area contributed by atoms with E-state index < -0.39 is 0 Å². The molecule has 4 heterocycles. The molecule has 0 spiro atoms. The van der Waals surface area contributed by atoms with Gasteiger partial charge in [0.15, 0.2) is 17.5 Å². The van der Waals surface area contributed by atoms with Crippen molar-refractivity contribution in [2.24, 2.45) is 0 Å². The van der Waals surface area contributed by atoms with Crippen molar-refractivity contribution >= 4 is 65.6 Å². The SMILES string of the molecule is c1ccc(-c2cccc(-n3c4ccccc4c4cc(-c5ccc6c(c5)c5cc(-c7ccc8oc9c(-c%10nc(-c%11ccccc%11)nc(-c%11ccccc%11)n%10)cccc9c8c7)ccc5n6-c5cccc(-c6ccccc6)c5)ccc43)c2)cc1. The first-order valence-corrected chi connectivity index (χ1v) is 27.4. The van der Waals surface area contributed by atoms with Crippen LogP contribution in [-0.4, -0.2) is 24.1 Å². The van der Waals surface area contributed by atoms with E-state index in [-0.39, 0.29) is 0 Å². The predicted octanol–water partition coefficient (Wildman–Crippen LogP) is 19.6. The molecule has 12 aromatic carbocycles. The Morgan fingerprint density at radius 3 is 1.12 bits per heavy atom. The Bertz CT molecular complexity index is 5040. The van der Waals surface area contributed by atoms with Crippen LogP contribution >= 0.6 is 0 Å². The zero-order valence-electron chi connectivity index (χ0n) is 43.8. The maximum absolute atomic E-state index is 6.79. The van der Waals surface area contributed by atoms with Crippen LogP contribution in [0.15, 0.2) is 290 Å². The van der Waals surface area contributed by atoms with E-state index in [1.54, 1.807) is 0 Å². The largest absolute Gasteiger partial charge is 0.455 e. The molecule has 378 valence electrons. The zero-order chi connectivity index (χ0) is 53.4. The van der Waals surface area contributed by atoms with E-state index in [0.717, 1.165) is 83.3 Å². The lowest BCUT2D eigenvalue weighted by atomic mass is 9.98. The molecule has 0 fully saturated rings. The molecule has 4 aromatic heterocycles. The molecule has 0 amide bonds. The summed E-state index contributed by atoms with van der Waals surface area (Å²) < 4.78 is 11.6. The molecule has 0 aliphatic carbocycles. The number of benzene rings is 12. The van der Waals surface area contributed by atoms with E-state index >= 15 is 0 Å². The van der Waals surface area contributed by atoms with Crippen LogP contribution < -0.4 is 0 Å². The van der Waals surface area contributed by atoms with Gasteiger partial charge in [-0.25, -0.2) is 15.0 Å². The van der Waals surface area contributed by atoms with Gasteiger partial charge in [0, 0.05) is 54.8 Å². The van der Waals surface area contributed by atoms with Crippen molar-refractivity contribution in [3.05, 3.63) is 285 Å². The molecule has 6 heteroatoms. The van der Waals surface area contributed by atoms with Gasteiger partial charge in [0.05, 0.1) is 27.6 Å². The summed E-state index contributed by atoms with van der Waals surface area (Å²) in [5.41, 5.74) is 20.3. The van der Waals surface area contributed by atoms with Gasteiger partial charge in [-0.1, -0.05) is 200 Å². The van der Waals surface area contributed by atoms with Gasteiger partial charge in [0.25, 0.3) is 0 Å². The molecule has 16 aromatic rings. The van der Waals surface area contributed by atoms with Crippen LogP contribution in [0.25, 0.3) is 156 Å². The summed E-state index contributed by atoms with van der Waals surface area (Å²) in [5.74, 6) is 1.77. The molecule has 81 heavy (non-hydrogen) atoms. The molecule has 0 radical (unpaired) electrons. The van der Waals surface area contributed by atoms with Crippen LogP contribution in [0.3, 0.4) is 0 Å². The number of nitrogens with zero attached hydrogens (tertiary/aromatic N) is 5. The normalized spacial score (nSPS) is 11.7. The minimum absolute atomic E-state index is 0.555. The van der Waals surface area contributed by atoms with Gasteiger partial charge in [-0.3, -0.25) is 0 Å². The predicted molar refractivity (Wildman–Crippen MR) is 334 cm³/mol. The first-order chi connectivity index (χ1) is 40.1. The van der Waals surface area contributed by atoms with Gasteiger partial charge in [-0.2, -0.15) is 0 Å². The first-order valence-electron chi connectivity index (χ1n) is 27.4. The number of para-hydroxylation sites is 2. The standard InChI is InChI=1S/C75H47N5O/c1-5-18-48(19-6-1)52-26-15-28-58(42-52)79-67-33-14-13-30-60(67)63-44-54(34-38-68(63)79)55-35-39-69-64(45-55)65-46-56(36-40-70(65)80(69)59-29-16-27-53(43-59)49-20-7-2-8-21-49)57-37-41-71-66(47-57)61-31-17-32-62(72(61)81-71)75-77-73(50-22-9-3-10-23-50)76-74(78-75)51-24-11-4-12-25-51/h1-47H. The Morgan fingerprint density at radius 1 is 0.235 bits per heavy atom. The molecule has 0 aliphatic heterocycles. The van der Waals surface area contributed by atoms with Crippen LogP contribution in [-0.2, 0) is 0 Å².